The van der Waals surface area contributed by atoms with Crippen LogP contribution in [-0.4, -0.2) is 28.4 Å². The van der Waals surface area contributed by atoms with Crippen molar-refractivity contribution in [2.75, 3.05) is 28.4 Å². The summed E-state index contributed by atoms with van der Waals surface area (Å²) >= 11 is 0. The maximum absolute atomic E-state index is 13.3. The van der Waals surface area contributed by atoms with Crippen molar-refractivity contribution in [2.45, 2.75) is 25.4 Å². The number of methoxy groups -OCH3 is 4. The molecule has 0 amide bonds. The van der Waals surface area contributed by atoms with Gasteiger partial charge < -0.3 is 33.8 Å². The standard InChI is InChI=1S/2C10H11F2O2.2CH3.Ti/c2*1-10(13-2,14-3)8-5-4-7(11)6-9(8)12;;;/h2*4-5H,1-3H3;2*1H3;/q4*-1;+4. The second-order valence-corrected chi connectivity index (χ2v) is 5.78. The Balaban J connectivity index is -0.000000461. The predicted octanol–water partition coefficient (Wildman–Crippen LogP) is 5.36. The molecular formula is C22H28F4O4Ti. The fourth-order valence-electron chi connectivity index (χ4n) is 2.19. The van der Waals surface area contributed by atoms with Gasteiger partial charge in [0.25, 0.3) is 0 Å². The molecule has 31 heavy (non-hydrogen) atoms. The number of hydrogen-bond donors (Lipinski definition) is 0. The van der Waals surface area contributed by atoms with Gasteiger partial charge in [0.2, 0.25) is 0 Å². The molecule has 0 saturated heterocycles. The molecular weight excluding hydrogens is 452 g/mol. The third-order valence-corrected chi connectivity index (χ3v) is 4.26. The molecule has 0 aliphatic heterocycles. The van der Waals surface area contributed by atoms with E-state index >= 15 is 0 Å². The van der Waals surface area contributed by atoms with E-state index in [1.807, 2.05) is 12.1 Å². The zero-order valence-electron chi connectivity index (χ0n) is 19.0. The first-order chi connectivity index (χ1) is 13.1. The Morgan fingerprint density at radius 2 is 0.871 bits per heavy atom. The molecule has 2 rings (SSSR count). The molecule has 2 aromatic rings. The third-order valence-electron chi connectivity index (χ3n) is 4.26. The van der Waals surface area contributed by atoms with Crippen LogP contribution in [0.2, 0.25) is 0 Å². The van der Waals surface area contributed by atoms with E-state index in [1.54, 1.807) is 0 Å². The normalized spacial score (nSPS) is 10.6. The number of hydrogen-bond acceptors (Lipinski definition) is 4. The Hall–Kier alpha value is -1.29. The summed E-state index contributed by atoms with van der Waals surface area (Å²) < 4.78 is 71.6. The van der Waals surface area contributed by atoms with Gasteiger partial charge in [0.15, 0.2) is 0 Å². The molecule has 0 atom stereocenters. The van der Waals surface area contributed by atoms with Crippen LogP contribution < -0.4 is 0 Å². The van der Waals surface area contributed by atoms with E-state index < -0.39 is 34.8 Å². The van der Waals surface area contributed by atoms with Gasteiger partial charge in [-0.1, -0.05) is 11.1 Å². The second-order valence-electron chi connectivity index (χ2n) is 5.78. The zero-order valence-corrected chi connectivity index (χ0v) is 20.5. The summed E-state index contributed by atoms with van der Waals surface area (Å²) in [6, 6.07) is 8.60. The first-order valence-electron chi connectivity index (χ1n) is 8.03. The molecule has 2 aromatic carbocycles. The number of halogens is 4. The molecule has 0 aliphatic carbocycles. The van der Waals surface area contributed by atoms with Gasteiger partial charge in [-0.25, -0.2) is 17.6 Å². The largest absolute Gasteiger partial charge is 4.00 e. The van der Waals surface area contributed by atoms with Crippen molar-refractivity contribution in [2.24, 2.45) is 0 Å². The summed E-state index contributed by atoms with van der Waals surface area (Å²) in [6.45, 7) is 3.08. The second kappa shape index (κ2) is 14.7. The van der Waals surface area contributed by atoms with Crippen LogP contribution in [0.5, 0.6) is 0 Å². The van der Waals surface area contributed by atoms with E-state index in [4.69, 9.17) is 18.9 Å². The molecule has 0 unspecified atom stereocenters. The minimum absolute atomic E-state index is 0. The van der Waals surface area contributed by atoms with Crippen LogP contribution in [0.4, 0.5) is 17.6 Å². The zero-order chi connectivity index (χ0) is 21.5. The fraction of sp³-hybridized carbons (Fsp3) is 0.364. The van der Waals surface area contributed by atoms with E-state index in [1.165, 1.54) is 54.4 Å². The molecule has 0 saturated carbocycles. The Kier molecular flexibility index (Phi) is 16.3. The SMILES string of the molecule is COC(C)(OC)c1ccc(F)[c-]c1F.COC(C)(OC)c1ccc(F)[c-]c1F.[CH3-].[CH3-].[Ti+4]. The van der Waals surface area contributed by atoms with Crippen molar-refractivity contribution >= 4 is 0 Å². The Bertz CT molecular complexity index is 717. The average molecular weight is 480 g/mol. The molecule has 0 aromatic heterocycles. The van der Waals surface area contributed by atoms with Gasteiger partial charge in [-0.2, -0.15) is 12.1 Å². The molecule has 0 heterocycles. The van der Waals surface area contributed by atoms with Crippen LogP contribution in [0.25, 0.3) is 0 Å². The van der Waals surface area contributed by atoms with Crippen molar-refractivity contribution in [3.63, 3.8) is 0 Å². The van der Waals surface area contributed by atoms with E-state index in [2.05, 4.69) is 0 Å². The number of benzene rings is 2. The van der Waals surface area contributed by atoms with Gasteiger partial charge in [-0.05, 0) is 13.8 Å². The first kappa shape index (κ1) is 34.3. The van der Waals surface area contributed by atoms with Crippen LogP contribution in [-0.2, 0) is 52.2 Å². The van der Waals surface area contributed by atoms with Crippen LogP contribution in [0.1, 0.15) is 25.0 Å². The van der Waals surface area contributed by atoms with E-state index in [9.17, 15) is 17.6 Å². The minimum atomic E-state index is -1.21. The Labute approximate surface area is 197 Å². The van der Waals surface area contributed by atoms with Gasteiger partial charge >= 0.3 is 21.7 Å². The van der Waals surface area contributed by atoms with Crippen molar-refractivity contribution in [1.29, 1.82) is 0 Å². The summed E-state index contributed by atoms with van der Waals surface area (Å²) in [4.78, 5) is 0. The summed E-state index contributed by atoms with van der Waals surface area (Å²) in [5.41, 5.74) is 0.229. The Morgan fingerprint density at radius 1 is 0.613 bits per heavy atom. The fourth-order valence-corrected chi connectivity index (χ4v) is 2.19. The molecule has 0 N–H and O–H groups in total. The van der Waals surface area contributed by atoms with E-state index in [0.717, 1.165) is 12.1 Å². The van der Waals surface area contributed by atoms with Gasteiger partial charge in [-0.3, -0.25) is 0 Å². The van der Waals surface area contributed by atoms with Crippen LogP contribution in [0, 0.1) is 50.3 Å². The maximum Gasteiger partial charge on any atom is 4.00 e. The van der Waals surface area contributed by atoms with Crippen LogP contribution in [0.15, 0.2) is 24.3 Å². The number of ether oxygens (including phenoxy) is 4. The van der Waals surface area contributed by atoms with E-state index in [-0.39, 0.29) is 47.7 Å². The summed E-state index contributed by atoms with van der Waals surface area (Å²) in [5, 5.41) is 0. The third kappa shape index (κ3) is 8.64. The van der Waals surface area contributed by atoms with Crippen molar-refractivity contribution in [3.8, 4) is 0 Å². The van der Waals surface area contributed by atoms with Gasteiger partial charge in [0.05, 0.1) is 0 Å². The smallest absolute Gasteiger partial charge is 0.360 e. The molecule has 0 spiro atoms. The quantitative estimate of drug-likeness (QED) is 0.242. The molecule has 0 bridgehead atoms. The predicted molar refractivity (Wildman–Crippen MR) is 106 cm³/mol. The summed E-state index contributed by atoms with van der Waals surface area (Å²) in [7, 11) is 5.52. The summed E-state index contributed by atoms with van der Waals surface area (Å²) in [6.07, 6.45) is 0. The molecule has 0 fully saturated rings. The number of rotatable bonds is 6. The minimum Gasteiger partial charge on any atom is -0.360 e. The average Bonchev–Trinajstić information content (AvgIpc) is 2.67. The van der Waals surface area contributed by atoms with Crippen LogP contribution >= 0.6 is 0 Å². The van der Waals surface area contributed by atoms with E-state index in [0.29, 0.717) is 0 Å². The molecule has 9 heteroatoms. The summed E-state index contributed by atoms with van der Waals surface area (Å²) in [5.74, 6) is -5.54. The van der Waals surface area contributed by atoms with Crippen molar-refractivity contribution < 1.29 is 58.2 Å². The van der Waals surface area contributed by atoms with Gasteiger partial charge in [0, 0.05) is 51.7 Å². The monoisotopic (exact) mass is 480 g/mol. The van der Waals surface area contributed by atoms with Crippen LogP contribution in [0.3, 0.4) is 0 Å². The maximum atomic E-state index is 13.3. The molecule has 0 aliphatic rings. The Morgan fingerprint density at radius 3 is 1.06 bits per heavy atom. The molecule has 0 radical (unpaired) electrons. The molecule has 4 nitrogen and oxygen atoms in total. The topological polar surface area (TPSA) is 36.9 Å². The van der Waals surface area contributed by atoms with Gasteiger partial charge in [0.1, 0.15) is 11.6 Å². The van der Waals surface area contributed by atoms with Crippen molar-refractivity contribution in [3.05, 3.63) is 85.6 Å². The van der Waals surface area contributed by atoms with Gasteiger partial charge in [-0.15, -0.1) is 24.3 Å². The van der Waals surface area contributed by atoms with Crippen molar-refractivity contribution in [1.82, 2.24) is 0 Å². The molecule has 172 valence electrons. The first-order valence-corrected chi connectivity index (χ1v) is 8.03.